The molecule has 1 heterocycles. The van der Waals surface area contributed by atoms with Crippen LogP contribution in [0.15, 0.2) is 24.3 Å². The molecule has 0 spiro atoms. The van der Waals surface area contributed by atoms with Crippen molar-refractivity contribution in [3.63, 3.8) is 0 Å². The third-order valence-electron chi connectivity index (χ3n) is 3.92. The Balaban J connectivity index is 2.18. The maximum Gasteiger partial charge on any atom is 0.269 e. The van der Waals surface area contributed by atoms with E-state index in [-0.39, 0.29) is 23.7 Å². The molecule has 2 atom stereocenters. The van der Waals surface area contributed by atoms with Crippen molar-refractivity contribution in [2.75, 3.05) is 26.7 Å². The van der Waals surface area contributed by atoms with E-state index in [1.165, 1.54) is 12.1 Å². The molecule has 1 aromatic rings. The number of non-ortho nitro benzene ring substituents is 1. The molecule has 1 amide bonds. The number of nitrogens with one attached hydrogen (secondary N) is 2. The van der Waals surface area contributed by atoms with Crippen molar-refractivity contribution in [2.24, 2.45) is 0 Å². The molecular weight excluding hydrogens is 272 g/mol. The van der Waals surface area contributed by atoms with Gasteiger partial charge in [0, 0.05) is 44.9 Å². The molecule has 1 aromatic carbocycles. The molecule has 0 aromatic heterocycles. The zero-order valence-electron chi connectivity index (χ0n) is 12.2. The van der Waals surface area contributed by atoms with Gasteiger partial charge in [-0.15, -0.1) is 0 Å². The summed E-state index contributed by atoms with van der Waals surface area (Å²) in [6, 6.07) is 6.31. The molecule has 1 fully saturated rings. The Morgan fingerprint density at radius 3 is 2.71 bits per heavy atom. The van der Waals surface area contributed by atoms with Gasteiger partial charge < -0.3 is 10.6 Å². The zero-order valence-corrected chi connectivity index (χ0v) is 12.2. The smallest absolute Gasteiger partial charge is 0.269 e. The fourth-order valence-corrected chi connectivity index (χ4v) is 2.66. The van der Waals surface area contributed by atoms with E-state index in [1.54, 1.807) is 19.2 Å². The van der Waals surface area contributed by atoms with E-state index in [9.17, 15) is 14.9 Å². The van der Waals surface area contributed by atoms with Crippen LogP contribution >= 0.6 is 0 Å². The number of benzene rings is 1. The number of piperazine rings is 1. The van der Waals surface area contributed by atoms with Gasteiger partial charge in [-0.3, -0.25) is 19.8 Å². The molecule has 2 rings (SSSR count). The molecule has 2 unspecified atom stereocenters. The summed E-state index contributed by atoms with van der Waals surface area (Å²) in [4.78, 5) is 24.4. The van der Waals surface area contributed by atoms with E-state index in [0.717, 1.165) is 18.7 Å². The number of likely N-dealkylation sites (N-methyl/N-ethyl adjacent to an activating group) is 1. The predicted octanol–water partition coefficient (Wildman–Crippen LogP) is 0.676. The number of hydrogen-bond donors (Lipinski definition) is 2. The van der Waals surface area contributed by atoms with Crippen molar-refractivity contribution >= 4 is 11.6 Å². The van der Waals surface area contributed by atoms with Crippen molar-refractivity contribution in [1.82, 2.24) is 15.5 Å². The number of nitro groups is 1. The summed E-state index contributed by atoms with van der Waals surface area (Å²) in [6.07, 6.45) is 0. The Bertz CT molecular complexity index is 517. The first-order valence-electron chi connectivity index (χ1n) is 6.97. The van der Waals surface area contributed by atoms with Crippen LogP contribution in [-0.4, -0.2) is 48.5 Å². The van der Waals surface area contributed by atoms with Gasteiger partial charge in [-0.2, -0.15) is 0 Å². The van der Waals surface area contributed by atoms with E-state index < -0.39 is 4.92 Å². The van der Waals surface area contributed by atoms with Gasteiger partial charge in [0.1, 0.15) is 6.04 Å². The molecule has 1 aliphatic heterocycles. The standard InChI is InChI=1S/C14H20N4O3/c1-10(11-3-5-12(6-4-11)18(20)21)17-8-7-16-9-13(17)14(19)15-2/h3-6,10,13,16H,7-9H2,1-2H3,(H,15,19). The van der Waals surface area contributed by atoms with E-state index in [0.29, 0.717) is 6.54 Å². The number of amides is 1. The van der Waals surface area contributed by atoms with Crippen LogP contribution in [0, 0.1) is 10.1 Å². The van der Waals surface area contributed by atoms with Crippen LogP contribution in [0.25, 0.3) is 0 Å². The maximum absolute atomic E-state index is 12.0. The van der Waals surface area contributed by atoms with Crippen LogP contribution in [0.5, 0.6) is 0 Å². The number of nitrogens with zero attached hydrogens (tertiary/aromatic N) is 2. The van der Waals surface area contributed by atoms with Crippen LogP contribution in [0.1, 0.15) is 18.5 Å². The number of nitro benzene ring substituents is 1. The van der Waals surface area contributed by atoms with Gasteiger partial charge in [0.25, 0.3) is 5.69 Å². The highest BCUT2D eigenvalue weighted by Crippen LogP contribution is 2.25. The number of carbonyl (C=O) groups excluding carboxylic acids is 1. The van der Waals surface area contributed by atoms with Gasteiger partial charge in [0.05, 0.1) is 4.92 Å². The lowest BCUT2D eigenvalue weighted by atomic mass is 10.0. The summed E-state index contributed by atoms with van der Waals surface area (Å²) < 4.78 is 0. The summed E-state index contributed by atoms with van der Waals surface area (Å²) in [6.45, 7) is 4.21. The highest BCUT2D eigenvalue weighted by Gasteiger charge is 2.31. The molecule has 0 aliphatic carbocycles. The molecule has 2 N–H and O–H groups in total. The number of hydrogen-bond acceptors (Lipinski definition) is 5. The van der Waals surface area contributed by atoms with Gasteiger partial charge in [0.2, 0.25) is 5.91 Å². The summed E-state index contributed by atoms with van der Waals surface area (Å²) in [5, 5.41) is 16.6. The second-order valence-electron chi connectivity index (χ2n) is 5.10. The van der Waals surface area contributed by atoms with Crippen LogP contribution in [-0.2, 0) is 4.79 Å². The quantitative estimate of drug-likeness (QED) is 0.629. The van der Waals surface area contributed by atoms with Crippen LogP contribution in [0.2, 0.25) is 0 Å². The van der Waals surface area contributed by atoms with E-state index >= 15 is 0 Å². The second kappa shape index (κ2) is 6.64. The molecular formula is C14H20N4O3. The predicted molar refractivity (Wildman–Crippen MR) is 78.9 cm³/mol. The lowest BCUT2D eigenvalue weighted by molar-refractivity contribution is -0.384. The average molecular weight is 292 g/mol. The number of carbonyl (C=O) groups is 1. The SMILES string of the molecule is CNC(=O)C1CNCCN1C(C)c1ccc([N+](=O)[O-])cc1. The Labute approximate surface area is 123 Å². The molecule has 114 valence electrons. The monoisotopic (exact) mass is 292 g/mol. The minimum atomic E-state index is -0.410. The Kier molecular flexibility index (Phi) is 4.87. The third-order valence-corrected chi connectivity index (χ3v) is 3.92. The Morgan fingerprint density at radius 1 is 1.48 bits per heavy atom. The summed E-state index contributed by atoms with van der Waals surface area (Å²) in [7, 11) is 1.63. The van der Waals surface area contributed by atoms with E-state index in [1.807, 2.05) is 6.92 Å². The third kappa shape index (κ3) is 3.37. The van der Waals surface area contributed by atoms with Gasteiger partial charge in [-0.25, -0.2) is 0 Å². The van der Waals surface area contributed by atoms with Gasteiger partial charge in [0.15, 0.2) is 0 Å². The molecule has 0 saturated carbocycles. The normalized spacial score (nSPS) is 20.8. The topological polar surface area (TPSA) is 87.5 Å². The van der Waals surface area contributed by atoms with Crippen LogP contribution in [0.3, 0.4) is 0 Å². The number of rotatable bonds is 4. The second-order valence-corrected chi connectivity index (χ2v) is 5.10. The van der Waals surface area contributed by atoms with Crippen molar-refractivity contribution in [3.8, 4) is 0 Å². The van der Waals surface area contributed by atoms with Crippen molar-refractivity contribution in [2.45, 2.75) is 19.0 Å². The lowest BCUT2D eigenvalue weighted by Gasteiger charge is -2.39. The van der Waals surface area contributed by atoms with Crippen molar-refractivity contribution < 1.29 is 9.72 Å². The van der Waals surface area contributed by atoms with Gasteiger partial charge >= 0.3 is 0 Å². The highest BCUT2D eigenvalue weighted by molar-refractivity contribution is 5.81. The molecule has 1 saturated heterocycles. The van der Waals surface area contributed by atoms with Gasteiger partial charge in [-0.05, 0) is 12.5 Å². The first kappa shape index (κ1) is 15.4. The molecule has 1 aliphatic rings. The molecule has 7 heteroatoms. The van der Waals surface area contributed by atoms with Crippen molar-refractivity contribution in [1.29, 1.82) is 0 Å². The minimum Gasteiger partial charge on any atom is -0.358 e. The molecule has 21 heavy (non-hydrogen) atoms. The van der Waals surface area contributed by atoms with Crippen molar-refractivity contribution in [3.05, 3.63) is 39.9 Å². The lowest BCUT2D eigenvalue weighted by Crippen LogP contribution is -2.57. The fraction of sp³-hybridized carbons (Fsp3) is 0.500. The summed E-state index contributed by atoms with van der Waals surface area (Å²) in [5.41, 5.74) is 1.05. The van der Waals surface area contributed by atoms with Gasteiger partial charge in [-0.1, -0.05) is 12.1 Å². The highest BCUT2D eigenvalue weighted by atomic mass is 16.6. The largest absolute Gasteiger partial charge is 0.358 e. The Hall–Kier alpha value is -1.99. The molecule has 7 nitrogen and oxygen atoms in total. The van der Waals surface area contributed by atoms with E-state index in [2.05, 4.69) is 15.5 Å². The van der Waals surface area contributed by atoms with Crippen LogP contribution < -0.4 is 10.6 Å². The Morgan fingerprint density at radius 2 is 2.14 bits per heavy atom. The average Bonchev–Trinajstić information content (AvgIpc) is 2.53. The summed E-state index contributed by atoms with van der Waals surface area (Å²) in [5.74, 6) is -0.0176. The fourth-order valence-electron chi connectivity index (χ4n) is 2.66. The first-order chi connectivity index (χ1) is 10.0. The zero-order chi connectivity index (χ0) is 15.4. The first-order valence-corrected chi connectivity index (χ1v) is 6.97. The minimum absolute atomic E-state index is 0.0176. The van der Waals surface area contributed by atoms with E-state index in [4.69, 9.17) is 0 Å². The van der Waals surface area contributed by atoms with Crippen LogP contribution in [0.4, 0.5) is 5.69 Å². The molecule has 0 radical (unpaired) electrons. The maximum atomic E-state index is 12.0. The summed E-state index contributed by atoms with van der Waals surface area (Å²) >= 11 is 0. The molecule has 0 bridgehead atoms.